The van der Waals surface area contributed by atoms with Crippen LogP contribution in [0.1, 0.15) is 0 Å². The second kappa shape index (κ2) is 15.9. The number of hydrogen-bond acceptors (Lipinski definition) is 2. The summed E-state index contributed by atoms with van der Waals surface area (Å²) in [4.78, 5) is 0. The Labute approximate surface area is 454 Å². The maximum absolute atomic E-state index is 2.47. The van der Waals surface area contributed by atoms with Crippen molar-refractivity contribution < 1.29 is 0 Å². The first kappa shape index (κ1) is 42.5. The van der Waals surface area contributed by atoms with Gasteiger partial charge in [-0.05, 0) is 132 Å². The molecule has 6 heterocycles. The summed E-state index contributed by atoms with van der Waals surface area (Å²) < 4.78 is 15.1. The first-order valence-electron chi connectivity index (χ1n) is 26.6. The van der Waals surface area contributed by atoms with Gasteiger partial charge in [0, 0.05) is 106 Å². The van der Waals surface area contributed by atoms with Gasteiger partial charge in [-0.1, -0.05) is 133 Å². The second-order valence-electron chi connectivity index (χ2n) is 20.8. The molecule has 0 unspecified atom stereocenters. The number of rotatable bonds is 5. The Balaban J connectivity index is 0.739. The summed E-state index contributed by atoms with van der Waals surface area (Å²) in [5, 5.41) is 15.2. The van der Waals surface area contributed by atoms with Crippen LogP contribution in [-0.4, -0.2) is 18.3 Å². The zero-order valence-electron chi connectivity index (χ0n) is 41.9. The summed E-state index contributed by atoms with van der Waals surface area (Å²) in [6.45, 7) is 0. The average Bonchev–Trinajstić information content (AvgIpc) is 4.49. The van der Waals surface area contributed by atoms with Gasteiger partial charge in [0.1, 0.15) is 0 Å². The molecule has 0 saturated carbocycles. The summed E-state index contributed by atoms with van der Waals surface area (Å²) in [6.07, 6.45) is 0. The van der Waals surface area contributed by atoms with Crippen LogP contribution in [0, 0.1) is 0 Å². The molecule has 18 rings (SSSR count). The molecule has 0 spiro atoms. The highest BCUT2D eigenvalue weighted by molar-refractivity contribution is 7.26. The fourth-order valence-electron chi connectivity index (χ4n) is 13.3. The molecule has 0 aliphatic rings. The van der Waals surface area contributed by atoms with E-state index in [1.54, 1.807) is 0 Å². The predicted octanol–water partition coefficient (Wildman–Crippen LogP) is 20.5. The van der Waals surface area contributed by atoms with Gasteiger partial charge in [0.25, 0.3) is 0 Å². The zero-order valence-corrected chi connectivity index (χ0v) is 43.5. The van der Waals surface area contributed by atoms with Gasteiger partial charge in [0.15, 0.2) is 0 Å². The number of aromatic nitrogens is 4. The first-order valence-corrected chi connectivity index (χ1v) is 28.3. The van der Waals surface area contributed by atoms with Crippen LogP contribution >= 0.6 is 22.7 Å². The quantitative estimate of drug-likeness (QED) is 0.164. The number of nitrogens with zero attached hydrogens (tertiary/aromatic N) is 4. The SMILES string of the molecule is c1ccc2c(c1)sc1ccc(-n3c4ccccc4c4cc5c(cc43)c3ccccc3n5-c3ccc(-c4ccc(-n5c6ccccc6c6cc7c(cc65)c5ccccc5n7-c5ccc6sc7ccccc7c6c5)cc4)cc3)cc12. The maximum atomic E-state index is 2.47. The summed E-state index contributed by atoms with van der Waals surface area (Å²) in [5.41, 5.74) is 16.6. The van der Waals surface area contributed by atoms with E-state index in [0.29, 0.717) is 0 Å². The molecule has 362 valence electrons. The van der Waals surface area contributed by atoms with Crippen molar-refractivity contribution in [1.82, 2.24) is 18.3 Å². The lowest BCUT2D eigenvalue weighted by atomic mass is 10.0. The molecule has 0 amide bonds. The van der Waals surface area contributed by atoms with Gasteiger partial charge in [-0.2, -0.15) is 0 Å². The van der Waals surface area contributed by atoms with Gasteiger partial charge >= 0.3 is 0 Å². The van der Waals surface area contributed by atoms with Gasteiger partial charge < -0.3 is 18.3 Å². The molecule has 6 heteroatoms. The molecule has 78 heavy (non-hydrogen) atoms. The first-order chi connectivity index (χ1) is 38.7. The van der Waals surface area contributed by atoms with Crippen molar-refractivity contribution in [2.75, 3.05) is 0 Å². The Morgan fingerprint density at radius 3 is 0.795 bits per heavy atom. The van der Waals surface area contributed by atoms with Crippen LogP contribution in [0.3, 0.4) is 0 Å². The lowest BCUT2D eigenvalue weighted by Gasteiger charge is -2.12. The standard InChI is InChI=1S/C72H42N4S2/c1-7-19-61-49(13-1)55-41-67-57(51-15-3-9-21-63(51)75(67)47-33-35-71-59(37-47)53-17-5-11-23-69(53)77-71)39-65(55)73(61)45-29-25-43(26-30-45)44-27-31-46(32-28-44)74-62-20-8-2-14-50(62)56-42-68-58(40-66(56)74)52-16-4-10-22-64(52)76(68)48-34-36-72-60(38-48)54-18-6-12-24-70(54)78-72/h1-42H. The minimum atomic E-state index is 1.14. The number of fused-ring (bicyclic) bond motifs is 18. The van der Waals surface area contributed by atoms with Gasteiger partial charge in [-0.3, -0.25) is 0 Å². The highest BCUT2D eigenvalue weighted by Crippen LogP contribution is 2.44. The van der Waals surface area contributed by atoms with Crippen LogP contribution in [0.5, 0.6) is 0 Å². The van der Waals surface area contributed by atoms with Crippen LogP contribution < -0.4 is 0 Å². The van der Waals surface area contributed by atoms with Crippen molar-refractivity contribution in [2.24, 2.45) is 0 Å². The molecule has 0 aliphatic carbocycles. The minimum absolute atomic E-state index is 1.14. The topological polar surface area (TPSA) is 19.7 Å². The van der Waals surface area contributed by atoms with Crippen LogP contribution in [0.4, 0.5) is 0 Å². The van der Waals surface area contributed by atoms with E-state index < -0.39 is 0 Å². The van der Waals surface area contributed by atoms with E-state index in [2.05, 4.69) is 273 Å². The Kier molecular flexibility index (Phi) is 8.67. The molecule has 0 saturated heterocycles. The van der Waals surface area contributed by atoms with Crippen molar-refractivity contribution in [1.29, 1.82) is 0 Å². The number of hydrogen-bond donors (Lipinski definition) is 0. The molecule has 6 aromatic heterocycles. The van der Waals surface area contributed by atoms with Gasteiger partial charge in [-0.25, -0.2) is 0 Å². The van der Waals surface area contributed by atoms with Crippen molar-refractivity contribution >= 4 is 150 Å². The Morgan fingerprint density at radius 2 is 0.449 bits per heavy atom. The highest BCUT2D eigenvalue weighted by atomic mass is 32.1. The molecule has 12 aromatic carbocycles. The van der Waals surface area contributed by atoms with Crippen LogP contribution in [0.25, 0.3) is 161 Å². The largest absolute Gasteiger partial charge is 0.309 e. The van der Waals surface area contributed by atoms with E-state index in [9.17, 15) is 0 Å². The van der Waals surface area contributed by atoms with E-state index in [0.717, 1.165) is 11.4 Å². The van der Waals surface area contributed by atoms with E-state index in [4.69, 9.17) is 0 Å². The van der Waals surface area contributed by atoms with E-state index in [-0.39, 0.29) is 0 Å². The molecule has 0 atom stereocenters. The van der Waals surface area contributed by atoms with Crippen LogP contribution in [0.2, 0.25) is 0 Å². The van der Waals surface area contributed by atoms with Crippen molar-refractivity contribution in [2.45, 2.75) is 0 Å². The molecule has 0 bridgehead atoms. The Morgan fingerprint density at radius 1 is 0.179 bits per heavy atom. The van der Waals surface area contributed by atoms with Gasteiger partial charge in [0.05, 0.1) is 44.1 Å². The molecular formula is C72H42N4S2. The summed E-state index contributed by atoms with van der Waals surface area (Å²) in [7, 11) is 0. The monoisotopic (exact) mass is 1030 g/mol. The normalized spacial score (nSPS) is 12.4. The molecule has 0 radical (unpaired) electrons. The highest BCUT2D eigenvalue weighted by Gasteiger charge is 2.22. The average molecular weight is 1030 g/mol. The lowest BCUT2D eigenvalue weighted by Crippen LogP contribution is -1.95. The molecule has 0 fully saturated rings. The van der Waals surface area contributed by atoms with E-state index in [1.165, 1.54) is 150 Å². The fourth-order valence-corrected chi connectivity index (χ4v) is 15.5. The molecule has 4 nitrogen and oxygen atoms in total. The van der Waals surface area contributed by atoms with Gasteiger partial charge in [0.2, 0.25) is 0 Å². The van der Waals surface area contributed by atoms with Crippen molar-refractivity contribution in [3.8, 4) is 33.9 Å². The van der Waals surface area contributed by atoms with Gasteiger partial charge in [-0.15, -0.1) is 22.7 Å². The van der Waals surface area contributed by atoms with E-state index >= 15 is 0 Å². The zero-order chi connectivity index (χ0) is 50.7. The third-order valence-electron chi connectivity index (χ3n) is 16.8. The predicted molar refractivity (Wildman–Crippen MR) is 335 cm³/mol. The number of para-hydroxylation sites is 4. The summed E-state index contributed by atoms with van der Waals surface area (Å²) in [5.74, 6) is 0. The fraction of sp³-hybridized carbons (Fsp3) is 0. The summed E-state index contributed by atoms with van der Waals surface area (Å²) in [6, 6.07) is 95.0. The number of benzene rings is 12. The Hall–Kier alpha value is -9.72. The smallest absolute Gasteiger partial charge is 0.0548 e. The third kappa shape index (κ3) is 5.93. The lowest BCUT2D eigenvalue weighted by molar-refractivity contribution is 1.17. The molecule has 18 aromatic rings. The van der Waals surface area contributed by atoms with Crippen LogP contribution in [0.15, 0.2) is 255 Å². The number of thiophene rings is 2. The Bertz CT molecular complexity index is 5210. The summed E-state index contributed by atoms with van der Waals surface area (Å²) >= 11 is 3.73. The second-order valence-corrected chi connectivity index (χ2v) is 23.0. The van der Waals surface area contributed by atoms with Crippen molar-refractivity contribution in [3.63, 3.8) is 0 Å². The minimum Gasteiger partial charge on any atom is -0.309 e. The third-order valence-corrected chi connectivity index (χ3v) is 19.1. The molecular weight excluding hydrogens is 985 g/mol. The molecule has 0 N–H and O–H groups in total. The van der Waals surface area contributed by atoms with Crippen LogP contribution in [-0.2, 0) is 0 Å². The maximum Gasteiger partial charge on any atom is 0.0548 e. The van der Waals surface area contributed by atoms with E-state index in [1.807, 2.05) is 22.7 Å². The molecule has 0 aliphatic heterocycles. The van der Waals surface area contributed by atoms with Crippen molar-refractivity contribution in [3.05, 3.63) is 255 Å².